The van der Waals surface area contributed by atoms with E-state index in [0.29, 0.717) is 42.4 Å². The van der Waals surface area contributed by atoms with E-state index in [0.717, 1.165) is 12.8 Å². The standard InChI is InChI=1S/C32H19F11O2/c1-15-2-3-17(14-44-15)16-4-5-21(23(33)9-16)18-10-26(36)29(27(37)11-18)32(42,43)45-20-8-19-12-24(34)22(6-7-31(39,40)41)30(38)28(19)25(35)13-20/h4-5,8-13,15,17H,2-3,14H2,1H3. The van der Waals surface area contributed by atoms with Gasteiger partial charge in [-0.05, 0) is 66.6 Å². The lowest BCUT2D eigenvalue weighted by Gasteiger charge is -2.27. The van der Waals surface area contributed by atoms with Crippen LogP contribution in [0.3, 0.4) is 0 Å². The summed E-state index contributed by atoms with van der Waals surface area (Å²) in [6.07, 6.45) is -8.41. The van der Waals surface area contributed by atoms with E-state index in [1.807, 2.05) is 6.92 Å². The predicted octanol–water partition coefficient (Wildman–Crippen LogP) is 9.67. The van der Waals surface area contributed by atoms with Gasteiger partial charge in [0.15, 0.2) is 5.82 Å². The first-order valence-electron chi connectivity index (χ1n) is 13.2. The summed E-state index contributed by atoms with van der Waals surface area (Å²) in [4.78, 5) is 0. The maximum absolute atomic E-state index is 15.0. The number of ether oxygens (including phenoxy) is 2. The molecule has 1 saturated heterocycles. The number of rotatable bonds is 5. The highest BCUT2D eigenvalue weighted by Crippen LogP contribution is 2.40. The topological polar surface area (TPSA) is 18.5 Å². The molecule has 1 aliphatic heterocycles. The summed E-state index contributed by atoms with van der Waals surface area (Å²) in [6, 6.07) is 5.84. The van der Waals surface area contributed by atoms with E-state index < -0.39 is 80.4 Å². The van der Waals surface area contributed by atoms with Gasteiger partial charge in [-0.15, -0.1) is 0 Å². The maximum Gasteiger partial charge on any atom is 0.458 e. The average molecular weight is 644 g/mol. The Balaban J connectivity index is 1.44. The van der Waals surface area contributed by atoms with Gasteiger partial charge < -0.3 is 9.47 Å². The first kappa shape index (κ1) is 32.1. The van der Waals surface area contributed by atoms with Crippen molar-refractivity contribution < 1.29 is 57.8 Å². The molecule has 236 valence electrons. The zero-order valence-electron chi connectivity index (χ0n) is 22.9. The molecular weight excluding hydrogens is 625 g/mol. The van der Waals surface area contributed by atoms with E-state index in [2.05, 4.69) is 4.74 Å². The molecule has 0 bridgehead atoms. The lowest BCUT2D eigenvalue weighted by molar-refractivity contribution is -0.189. The molecule has 0 aromatic heterocycles. The molecule has 0 aliphatic carbocycles. The Kier molecular flexibility index (Phi) is 8.48. The second kappa shape index (κ2) is 11.9. The van der Waals surface area contributed by atoms with Crippen LogP contribution in [0.15, 0.2) is 48.5 Å². The van der Waals surface area contributed by atoms with Crippen molar-refractivity contribution in [2.24, 2.45) is 0 Å². The van der Waals surface area contributed by atoms with Gasteiger partial charge in [-0.1, -0.05) is 18.1 Å². The van der Waals surface area contributed by atoms with Gasteiger partial charge in [-0.25, -0.2) is 26.3 Å². The largest absolute Gasteiger partial charge is 0.458 e. The lowest BCUT2D eigenvalue weighted by Crippen LogP contribution is -2.25. The van der Waals surface area contributed by atoms with Crippen LogP contribution >= 0.6 is 0 Å². The summed E-state index contributed by atoms with van der Waals surface area (Å²) in [5, 5.41) is -1.86. The Morgan fingerprint density at radius 3 is 2.07 bits per heavy atom. The van der Waals surface area contributed by atoms with Crippen LogP contribution < -0.4 is 4.74 Å². The molecule has 2 atom stereocenters. The normalized spacial score (nSPS) is 17.2. The van der Waals surface area contributed by atoms with Crippen LogP contribution in [0.1, 0.15) is 42.4 Å². The number of alkyl halides is 5. The summed E-state index contributed by atoms with van der Waals surface area (Å²) < 4.78 is 166. The van der Waals surface area contributed by atoms with Crippen LogP contribution in [0.5, 0.6) is 5.75 Å². The molecule has 0 amide bonds. The molecule has 13 heteroatoms. The number of hydrogen-bond donors (Lipinski definition) is 0. The van der Waals surface area contributed by atoms with Crippen molar-refractivity contribution in [3.8, 4) is 28.7 Å². The Morgan fingerprint density at radius 2 is 1.47 bits per heavy atom. The van der Waals surface area contributed by atoms with Gasteiger partial charge >= 0.3 is 12.3 Å². The average Bonchev–Trinajstić information content (AvgIpc) is 2.91. The van der Waals surface area contributed by atoms with Crippen molar-refractivity contribution in [3.05, 3.63) is 100 Å². The minimum atomic E-state index is -5.12. The Morgan fingerprint density at radius 1 is 0.778 bits per heavy atom. The first-order chi connectivity index (χ1) is 21.0. The van der Waals surface area contributed by atoms with E-state index >= 15 is 8.78 Å². The molecule has 0 saturated carbocycles. The van der Waals surface area contributed by atoms with Crippen LogP contribution in [-0.2, 0) is 10.8 Å². The van der Waals surface area contributed by atoms with Crippen LogP contribution in [0.2, 0.25) is 0 Å². The van der Waals surface area contributed by atoms with Crippen LogP contribution in [0.4, 0.5) is 48.3 Å². The molecule has 0 radical (unpaired) electrons. The molecule has 0 spiro atoms. The number of hydrogen-bond acceptors (Lipinski definition) is 2. The van der Waals surface area contributed by atoms with E-state index in [-0.39, 0.29) is 23.7 Å². The van der Waals surface area contributed by atoms with Gasteiger partial charge in [0, 0.05) is 23.5 Å². The Hall–Kier alpha value is -4.31. The summed E-state index contributed by atoms with van der Waals surface area (Å²) in [5.74, 6) is -9.13. The smallest absolute Gasteiger partial charge is 0.429 e. The summed E-state index contributed by atoms with van der Waals surface area (Å²) in [5.41, 5.74) is -3.45. The molecule has 0 N–H and O–H groups in total. The molecule has 45 heavy (non-hydrogen) atoms. The summed E-state index contributed by atoms with van der Waals surface area (Å²) >= 11 is 0. The molecule has 1 aliphatic rings. The lowest BCUT2D eigenvalue weighted by atomic mass is 9.90. The van der Waals surface area contributed by atoms with E-state index in [9.17, 15) is 39.5 Å². The van der Waals surface area contributed by atoms with Gasteiger partial charge in [0.25, 0.3) is 0 Å². The third-order valence-electron chi connectivity index (χ3n) is 7.24. The third-order valence-corrected chi connectivity index (χ3v) is 7.24. The highest BCUT2D eigenvalue weighted by atomic mass is 19.4. The SMILES string of the molecule is CC1CCC(c2ccc(-c3cc(F)c(C(F)(F)Oc4cc(F)c5c(F)c(C#CC(F)(F)F)c(F)cc5c4)c(F)c3)c(F)c2)CO1. The molecule has 2 unspecified atom stereocenters. The van der Waals surface area contributed by atoms with Crippen LogP contribution in [0.25, 0.3) is 21.9 Å². The predicted molar refractivity (Wildman–Crippen MR) is 140 cm³/mol. The molecule has 1 heterocycles. The second-order valence-electron chi connectivity index (χ2n) is 10.4. The van der Waals surface area contributed by atoms with Crippen LogP contribution in [0, 0.1) is 46.7 Å². The third kappa shape index (κ3) is 6.71. The monoisotopic (exact) mass is 644 g/mol. The summed E-state index contributed by atoms with van der Waals surface area (Å²) in [6.45, 7) is 2.26. The Labute approximate surface area is 248 Å². The van der Waals surface area contributed by atoms with Crippen molar-refractivity contribution in [1.29, 1.82) is 0 Å². The highest BCUT2D eigenvalue weighted by molar-refractivity contribution is 5.87. The first-order valence-corrected chi connectivity index (χ1v) is 13.2. The number of halogens is 11. The fourth-order valence-electron chi connectivity index (χ4n) is 5.06. The molecule has 1 fully saturated rings. The van der Waals surface area contributed by atoms with Gasteiger partial charge in [-0.2, -0.15) is 22.0 Å². The van der Waals surface area contributed by atoms with Crippen molar-refractivity contribution >= 4 is 10.8 Å². The second-order valence-corrected chi connectivity index (χ2v) is 10.4. The molecule has 4 aromatic rings. The highest BCUT2D eigenvalue weighted by Gasteiger charge is 2.41. The van der Waals surface area contributed by atoms with E-state index in [4.69, 9.17) is 4.74 Å². The van der Waals surface area contributed by atoms with Crippen molar-refractivity contribution in [2.45, 2.75) is 44.1 Å². The minimum Gasteiger partial charge on any atom is -0.429 e. The number of fused-ring (bicyclic) bond motifs is 1. The number of benzene rings is 4. The molecular formula is C32H19F11O2. The van der Waals surface area contributed by atoms with Crippen LogP contribution in [-0.4, -0.2) is 18.9 Å². The fraction of sp³-hybridized carbons (Fsp3) is 0.250. The van der Waals surface area contributed by atoms with Crippen molar-refractivity contribution in [2.75, 3.05) is 6.61 Å². The molecule has 4 aromatic carbocycles. The van der Waals surface area contributed by atoms with Gasteiger partial charge in [-0.3, -0.25) is 0 Å². The maximum atomic E-state index is 15.0. The zero-order chi connectivity index (χ0) is 32.8. The minimum absolute atomic E-state index is 0.0614. The van der Waals surface area contributed by atoms with Gasteiger partial charge in [0.2, 0.25) is 0 Å². The fourth-order valence-corrected chi connectivity index (χ4v) is 5.06. The van der Waals surface area contributed by atoms with Crippen molar-refractivity contribution in [1.82, 2.24) is 0 Å². The van der Waals surface area contributed by atoms with Gasteiger partial charge in [0.05, 0.1) is 23.7 Å². The quantitative estimate of drug-likeness (QED) is 0.159. The molecule has 2 nitrogen and oxygen atoms in total. The van der Waals surface area contributed by atoms with Gasteiger partial charge in [0.1, 0.15) is 40.4 Å². The van der Waals surface area contributed by atoms with E-state index in [1.165, 1.54) is 24.1 Å². The summed E-state index contributed by atoms with van der Waals surface area (Å²) in [7, 11) is 0. The Bertz CT molecular complexity index is 1820. The van der Waals surface area contributed by atoms with Crippen molar-refractivity contribution in [3.63, 3.8) is 0 Å². The zero-order valence-corrected chi connectivity index (χ0v) is 22.9. The van der Waals surface area contributed by atoms with E-state index in [1.54, 1.807) is 0 Å². The molecule has 5 rings (SSSR count).